The summed E-state index contributed by atoms with van der Waals surface area (Å²) in [5, 5.41) is 11.3. The van der Waals surface area contributed by atoms with E-state index in [1.807, 2.05) is 49.4 Å². The van der Waals surface area contributed by atoms with Gasteiger partial charge in [-0.3, -0.25) is 9.59 Å². The smallest absolute Gasteiger partial charge is 0.308 e. The number of fused-ring (bicyclic) bond motifs is 1. The third-order valence-electron chi connectivity index (χ3n) is 4.72. The molecule has 132 valence electrons. The molecule has 0 saturated carbocycles. The first-order chi connectivity index (χ1) is 12.0. The Morgan fingerprint density at radius 2 is 1.88 bits per heavy atom. The molecule has 1 N–H and O–H groups in total. The van der Waals surface area contributed by atoms with Crippen LogP contribution in [0.25, 0.3) is 10.8 Å². The maximum atomic E-state index is 12.8. The molecule has 3 atom stereocenters. The van der Waals surface area contributed by atoms with Gasteiger partial charge in [0.15, 0.2) is 6.10 Å². The summed E-state index contributed by atoms with van der Waals surface area (Å²) >= 11 is 0. The van der Waals surface area contributed by atoms with Crippen molar-refractivity contribution < 1.29 is 19.4 Å². The van der Waals surface area contributed by atoms with Crippen LogP contribution in [-0.2, 0) is 9.59 Å². The van der Waals surface area contributed by atoms with Crippen molar-refractivity contribution >= 4 is 22.6 Å². The van der Waals surface area contributed by atoms with Crippen LogP contribution in [0.5, 0.6) is 5.75 Å². The quantitative estimate of drug-likeness (QED) is 0.927. The number of carbonyl (C=O) groups excluding carboxylic acids is 1. The zero-order valence-electron chi connectivity index (χ0n) is 14.5. The standard InChI is InChI=1S/C20H23NO4/c1-13-10-16(20(23)24)12-21(11-13)19(22)14(2)25-18-9-5-7-15-6-3-4-8-17(15)18/h3-9,13-14,16H,10-12H2,1-2H3,(H,23,24). The van der Waals surface area contributed by atoms with Crippen molar-refractivity contribution in [3.63, 3.8) is 0 Å². The van der Waals surface area contributed by atoms with Crippen molar-refractivity contribution in [1.29, 1.82) is 0 Å². The lowest BCUT2D eigenvalue weighted by Crippen LogP contribution is -2.49. The number of hydrogen-bond donors (Lipinski definition) is 1. The van der Waals surface area contributed by atoms with E-state index in [2.05, 4.69) is 0 Å². The number of carbonyl (C=O) groups is 2. The number of hydrogen-bond acceptors (Lipinski definition) is 3. The molecule has 2 aromatic carbocycles. The van der Waals surface area contributed by atoms with Gasteiger partial charge in [0, 0.05) is 18.5 Å². The van der Waals surface area contributed by atoms with E-state index in [1.54, 1.807) is 11.8 Å². The summed E-state index contributed by atoms with van der Waals surface area (Å²) in [6, 6.07) is 13.6. The average molecular weight is 341 g/mol. The number of likely N-dealkylation sites (tertiary alicyclic amines) is 1. The van der Waals surface area contributed by atoms with Crippen molar-refractivity contribution in [2.45, 2.75) is 26.4 Å². The van der Waals surface area contributed by atoms with Crippen LogP contribution >= 0.6 is 0 Å². The van der Waals surface area contributed by atoms with Crippen LogP contribution in [0.3, 0.4) is 0 Å². The number of piperidine rings is 1. The van der Waals surface area contributed by atoms with Gasteiger partial charge in [-0.1, -0.05) is 43.3 Å². The Bertz CT molecular complexity index is 783. The van der Waals surface area contributed by atoms with Crippen molar-refractivity contribution in [3.05, 3.63) is 42.5 Å². The number of benzene rings is 2. The largest absolute Gasteiger partial charge is 0.481 e. The Morgan fingerprint density at radius 3 is 2.64 bits per heavy atom. The van der Waals surface area contributed by atoms with Gasteiger partial charge in [-0.2, -0.15) is 0 Å². The van der Waals surface area contributed by atoms with E-state index in [0.717, 1.165) is 10.8 Å². The molecule has 5 heteroatoms. The molecule has 1 fully saturated rings. The number of carboxylic acids is 1. The van der Waals surface area contributed by atoms with Gasteiger partial charge in [0.1, 0.15) is 5.75 Å². The summed E-state index contributed by atoms with van der Waals surface area (Å²) in [5.41, 5.74) is 0. The predicted octanol–water partition coefficient (Wildman–Crippen LogP) is 3.18. The van der Waals surface area contributed by atoms with Crippen LogP contribution in [-0.4, -0.2) is 41.1 Å². The summed E-state index contributed by atoms with van der Waals surface area (Å²) in [7, 11) is 0. The molecule has 1 heterocycles. The zero-order valence-corrected chi connectivity index (χ0v) is 14.5. The highest BCUT2D eigenvalue weighted by molar-refractivity contribution is 5.89. The highest BCUT2D eigenvalue weighted by Crippen LogP contribution is 2.27. The van der Waals surface area contributed by atoms with E-state index in [0.29, 0.717) is 18.7 Å². The molecular weight excluding hydrogens is 318 g/mol. The molecule has 0 aromatic heterocycles. The fraction of sp³-hybridized carbons (Fsp3) is 0.400. The Morgan fingerprint density at radius 1 is 1.16 bits per heavy atom. The third-order valence-corrected chi connectivity index (χ3v) is 4.72. The van der Waals surface area contributed by atoms with Crippen LogP contribution in [0.2, 0.25) is 0 Å². The minimum absolute atomic E-state index is 0.161. The van der Waals surface area contributed by atoms with Crippen LogP contribution in [0.1, 0.15) is 20.3 Å². The first kappa shape index (κ1) is 17.3. The van der Waals surface area contributed by atoms with Crippen LogP contribution in [0.15, 0.2) is 42.5 Å². The van der Waals surface area contributed by atoms with E-state index >= 15 is 0 Å². The molecule has 1 amide bonds. The Hall–Kier alpha value is -2.56. The zero-order chi connectivity index (χ0) is 18.0. The maximum absolute atomic E-state index is 12.8. The number of carboxylic acid groups (broad SMARTS) is 1. The van der Waals surface area contributed by atoms with Gasteiger partial charge in [-0.25, -0.2) is 0 Å². The minimum Gasteiger partial charge on any atom is -0.481 e. The monoisotopic (exact) mass is 341 g/mol. The SMILES string of the molecule is CC1CC(C(=O)O)CN(C(=O)C(C)Oc2cccc3ccccc23)C1. The highest BCUT2D eigenvalue weighted by atomic mass is 16.5. The summed E-state index contributed by atoms with van der Waals surface area (Å²) in [6.07, 6.45) is -0.0527. The second-order valence-electron chi connectivity index (χ2n) is 6.86. The summed E-state index contributed by atoms with van der Waals surface area (Å²) in [4.78, 5) is 25.7. The minimum atomic E-state index is -0.841. The predicted molar refractivity (Wildman–Crippen MR) is 95.5 cm³/mol. The lowest BCUT2D eigenvalue weighted by molar-refractivity contribution is -0.149. The molecule has 5 nitrogen and oxygen atoms in total. The molecule has 3 rings (SSSR count). The molecule has 2 aromatic rings. The molecule has 1 aliphatic heterocycles. The van der Waals surface area contributed by atoms with Gasteiger partial charge in [0.2, 0.25) is 0 Å². The molecular formula is C20H23NO4. The van der Waals surface area contributed by atoms with Crippen molar-refractivity contribution in [3.8, 4) is 5.75 Å². The third kappa shape index (κ3) is 3.76. The molecule has 0 aliphatic carbocycles. The summed E-state index contributed by atoms with van der Waals surface area (Å²) in [5.74, 6) is -0.669. The van der Waals surface area contributed by atoms with Gasteiger partial charge in [-0.15, -0.1) is 0 Å². The molecule has 0 radical (unpaired) electrons. The molecule has 0 spiro atoms. The first-order valence-electron chi connectivity index (χ1n) is 8.61. The van der Waals surface area contributed by atoms with Crippen LogP contribution in [0.4, 0.5) is 0 Å². The van der Waals surface area contributed by atoms with E-state index in [9.17, 15) is 14.7 Å². The van der Waals surface area contributed by atoms with Gasteiger partial charge in [-0.05, 0) is 30.7 Å². The van der Waals surface area contributed by atoms with Crippen molar-refractivity contribution in [2.75, 3.05) is 13.1 Å². The fourth-order valence-electron chi connectivity index (χ4n) is 3.51. The first-order valence-corrected chi connectivity index (χ1v) is 8.61. The van der Waals surface area contributed by atoms with E-state index in [1.165, 1.54) is 0 Å². The van der Waals surface area contributed by atoms with Gasteiger partial charge in [0.25, 0.3) is 5.91 Å². The van der Waals surface area contributed by atoms with Crippen LogP contribution in [0, 0.1) is 11.8 Å². The summed E-state index contributed by atoms with van der Waals surface area (Å²) < 4.78 is 5.93. The molecule has 0 bridgehead atoms. The van der Waals surface area contributed by atoms with Crippen molar-refractivity contribution in [2.24, 2.45) is 11.8 Å². The molecule has 3 unspecified atom stereocenters. The van der Waals surface area contributed by atoms with Gasteiger partial charge >= 0.3 is 5.97 Å². The number of ether oxygens (including phenoxy) is 1. The van der Waals surface area contributed by atoms with Crippen LogP contribution < -0.4 is 4.74 Å². The normalized spacial score (nSPS) is 21.8. The van der Waals surface area contributed by atoms with E-state index in [-0.39, 0.29) is 18.4 Å². The molecule has 1 saturated heterocycles. The average Bonchev–Trinajstić information content (AvgIpc) is 2.60. The second-order valence-corrected chi connectivity index (χ2v) is 6.86. The maximum Gasteiger partial charge on any atom is 0.308 e. The lowest BCUT2D eigenvalue weighted by Gasteiger charge is -2.36. The number of amides is 1. The second kappa shape index (κ2) is 7.13. The number of aliphatic carboxylic acids is 1. The van der Waals surface area contributed by atoms with E-state index < -0.39 is 18.0 Å². The summed E-state index contributed by atoms with van der Waals surface area (Å²) in [6.45, 7) is 4.53. The molecule has 1 aliphatic rings. The Labute approximate surface area is 147 Å². The highest BCUT2D eigenvalue weighted by Gasteiger charge is 2.34. The fourth-order valence-corrected chi connectivity index (χ4v) is 3.51. The Balaban J connectivity index is 1.75. The Kier molecular flexibility index (Phi) is 4.93. The van der Waals surface area contributed by atoms with Crippen molar-refractivity contribution in [1.82, 2.24) is 4.90 Å². The topological polar surface area (TPSA) is 66.8 Å². The molecule has 25 heavy (non-hydrogen) atoms. The number of nitrogens with zero attached hydrogens (tertiary/aromatic N) is 1. The van der Waals surface area contributed by atoms with Gasteiger partial charge < -0.3 is 14.7 Å². The lowest BCUT2D eigenvalue weighted by atomic mass is 9.90. The van der Waals surface area contributed by atoms with E-state index in [4.69, 9.17) is 4.74 Å². The number of rotatable bonds is 4. The van der Waals surface area contributed by atoms with Gasteiger partial charge in [0.05, 0.1) is 5.92 Å².